The molecule has 0 aromatic heterocycles. The zero-order valence-electron chi connectivity index (χ0n) is 54.7. The quantitative estimate of drug-likeness (QED) is 0.0690. The van der Waals surface area contributed by atoms with Crippen molar-refractivity contribution in [3.8, 4) is 0 Å². The van der Waals surface area contributed by atoms with Crippen LogP contribution in [0.4, 0.5) is 22.7 Å². The van der Waals surface area contributed by atoms with Gasteiger partial charge in [0.15, 0.2) is 0 Å². The average molecular weight is 1360 g/mol. The van der Waals surface area contributed by atoms with Crippen LogP contribution in [0.2, 0.25) is 0 Å². The van der Waals surface area contributed by atoms with Gasteiger partial charge in [-0.15, -0.1) is 0 Å². The van der Waals surface area contributed by atoms with Crippen LogP contribution in [0.25, 0.3) is 0 Å². The van der Waals surface area contributed by atoms with Crippen molar-refractivity contribution in [1.82, 2.24) is 0 Å². The van der Waals surface area contributed by atoms with E-state index in [1.165, 1.54) is 72.8 Å². The van der Waals surface area contributed by atoms with Crippen molar-refractivity contribution in [1.29, 1.82) is 0 Å². The third-order valence-electron chi connectivity index (χ3n) is 15.9. The SMILES string of the molecule is O=C(Nc1cc2cc(c1)C(=O)OCCCCCCCCOC(=O)c1cc(cc([N+](=O)[O-])c1)C(=O)OCCCCCCCCOC2=O)c1cccc(C(=O)Nc2cc3cc(c2)C(=O)OCCCCCCCCOC(=O)c2cc(cc([N+](=O)[O-])c2)C(=O)OCCCCCCCCOC3=O)c1. The number of fused-ring (bicyclic) bond motifs is 8. The second kappa shape index (κ2) is 40.2. The van der Waals surface area contributed by atoms with Crippen molar-refractivity contribution in [3.63, 3.8) is 0 Å². The standard InChI is InChI=1S/C72H82N4O22/c77-63(73-59-41-51-37-52(42-59)66(80)92-29-18-10-2-6-14-22-33-96-70(84)56-39-55(45-61(46-56)75(87)88)69(83)95-32-21-13-5-1-9-17-28-91-65(51)79)49-26-25-27-50(36-49)64(78)74-60-43-53-38-54(44-60)68(82)94-31-20-12-4-8-16-24-35-98-72(86)58-40-57(47-62(48-58)76(89)90)71(85)97-34-23-15-7-3-11-19-30-93-67(53)81/h25-27,36-48H,1-24,28-35H2,(H,73,77)(H,74,78). The number of esters is 8. The summed E-state index contributed by atoms with van der Waals surface area (Å²) in [5.41, 5.74) is -1.54. The third kappa shape index (κ3) is 25.3. The number of anilines is 2. The summed E-state index contributed by atoms with van der Waals surface area (Å²) in [6.45, 7) is 0.333. The number of non-ortho nitro benzene ring substituents is 2. The number of benzene rings is 5. The van der Waals surface area contributed by atoms with E-state index in [0.29, 0.717) is 103 Å². The van der Waals surface area contributed by atoms with E-state index in [4.69, 9.17) is 37.9 Å². The fourth-order valence-corrected chi connectivity index (χ4v) is 10.6. The van der Waals surface area contributed by atoms with Crippen molar-refractivity contribution in [2.45, 2.75) is 154 Å². The Morgan fingerprint density at radius 2 is 0.459 bits per heavy atom. The first-order valence-electron chi connectivity index (χ1n) is 33.4. The highest BCUT2D eigenvalue weighted by Gasteiger charge is 2.24. The number of nitro groups is 2. The fourth-order valence-electron chi connectivity index (χ4n) is 10.6. The summed E-state index contributed by atoms with van der Waals surface area (Å²) in [6.07, 6.45) is 15.5. The van der Waals surface area contributed by atoms with E-state index >= 15 is 0 Å². The maximum absolute atomic E-state index is 14.0. The number of cyclic esters (lactones) is 8. The minimum absolute atomic E-state index is 0.00484. The first-order valence-corrected chi connectivity index (χ1v) is 33.4. The van der Waals surface area contributed by atoms with Gasteiger partial charge in [0.1, 0.15) is 0 Å². The Bertz CT molecular complexity index is 3260. The van der Waals surface area contributed by atoms with Gasteiger partial charge in [-0.3, -0.25) is 29.8 Å². The number of amides is 2. The lowest BCUT2D eigenvalue weighted by Crippen LogP contribution is -2.17. The summed E-state index contributed by atoms with van der Waals surface area (Å²) >= 11 is 0. The Labute approximate surface area is 566 Å². The van der Waals surface area contributed by atoms with E-state index in [9.17, 15) is 68.2 Å². The average Bonchev–Trinajstić information content (AvgIpc) is 0.872. The number of carbonyl (C=O) groups excluding carboxylic acids is 10. The molecular formula is C72H82N4O22. The van der Waals surface area contributed by atoms with E-state index in [-0.39, 0.29) is 120 Å². The van der Waals surface area contributed by atoms with E-state index in [2.05, 4.69) is 10.6 Å². The molecule has 0 radical (unpaired) electrons. The van der Waals surface area contributed by atoms with Crippen LogP contribution in [-0.2, 0) is 37.9 Å². The second-order valence-electron chi connectivity index (χ2n) is 23.7. The molecule has 8 bridgehead atoms. The molecule has 26 heteroatoms. The van der Waals surface area contributed by atoms with Gasteiger partial charge in [0.2, 0.25) is 0 Å². The predicted molar refractivity (Wildman–Crippen MR) is 354 cm³/mol. The zero-order chi connectivity index (χ0) is 70.0. The van der Waals surface area contributed by atoms with Crippen LogP contribution in [-0.4, -0.2) is 122 Å². The molecule has 2 heterocycles. The van der Waals surface area contributed by atoms with Gasteiger partial charge in [0.05, 0.1) is 107 Å². The Morgan fingerprint density at radius 3 is 0.653 bits per heavy atom. The van der Waals surface area contributed by atoms with Gasteiger partial charge in [-0.25, -0.2) is 38.4 Å². The summed E-state index contributed by atoms with van der Waals surface area (Å²) in [7, 11) is 0. The summed E-state index contributed by atoms with van der Waals surface area (Å²) < 4.78 is 43.8. The van der Waals surface area contributed by atoms with Crippen LogP contribution in [0.15, 0.2) is 97.1 Å². The maximum atomic E-state index is 14.0. The monoisotopic (exact) mass is 1350 g/mol. The molecule has 0 saturated heterocycles. The smallest absolute Gasteiger partial charge is 0.338 e. The number of rotatable bonds is 6. The van der Waals surface area contributed by atoms with Crippen LogP contribution in [0.1, 0.15) is 258 Å². The van der Waals surface area contributed by atoms with Gasteiger partial charge in [0, 0.05) is 46.8 Å². The predicted octanol–water partition coefficient (Wildman–Crippen LogP) is 14.1. The molecule has 2 amide bonds. The Hall–Kier alpha value is -10.4. The number of nitrogens with one attached hydrogen (secondary N) is 2. The Balaban J connectivity index is 0.962. The molecule has 26 nitrogen and oxygen atoms in total. The topological polar surface area (TPSA) is 355 Å². The van der Waals surface area contributed by atoms with Crippen molar-refractivity contribution in [2.75, 3.05) is 63.5 Å². The molecule has 5 aromatic rings. The maximum Gasteiger partial charge on any atom is 0.338 e. The van der Waals surface area contributed by atoms with Crippen molar-refractivity contribution in [3.05, 3.63) is 173 Å². The van der Waals surface area contributed by atoms with Gasteiger partial charge >= 0.3 is 47.8 Å². The summed E-state index contributed by atoms with van der Waals surface area (Å²) in [4.78, 5) is 156. The van der Waals surface area contributed by atoms with Crippen LogP contribution in [0.3, 0.4) is 0 Å². The fraction of sp³-hybridized carbons (Fsp3) is 0.444. The first kappa shape index (κ1) is 75.0. The minimum atomic E-state index is -0.807. The molecule has 5 aromatic carbocycles. The van der Waals surface area contributed by atoms with Crippen molar-refractivity contribution < 1.29 is 95.7 Å². The van der Waals surface area contributed by atoms with Crippen molar-refractivity contribution >= 4 is 82.3 Å². The molecule has 0 aliphatic carbocycles. The number of hydrogen-bond donors (Lipinski definition) is 2. The lowest BCUT2D eigenvalue weighted by molar-refractivity contribution is -0.385. The van der Waals surface area contributed by atoms with Crippen molar-refractivity contribution in [2.24, 2.45) is 0 Å². The Kier molecular flexibility index (Phi) is 30.8. The van der Waals surface area contributed by atoms with Crippen LogP contribution in [0, 0.1) is 20.2 Å². The van der Waals surface area contributed by atoms with Gasteiger partial charge in [0.25, 0.3) is 23.2 Å². The van der Waals surface area contributed by atoms with E-state index < -0.39 is 80.8 Å². The molecule has 2 N–H and O–H groups in total. The Morgan fingerprint density at radius 1 is 0.276 bits per heavy atom. The first-order chi connectivity index (χ1) is 47.4. The van der Waals surface area contributed by atoms with Crippen LogP contribution in [0.5, 0.6) is 0 Å². The lowest BCUT2D eigenvalue weighted by atomic mass is 10.1. The van der Waals surface area contributed by atoms with Crippen LogP contribution < -0.4 is 10.6 Å². The number of nitro benzene ring substituents is 2. The van der Waals surface area contributed by atoms with E-state index in [1.807, 2.05) is 0 Å². The minimum Gasteiger partial charge on any atom is -0.462 e. The number of ether oxygens (including phenoxy) is 8. The normalized spacial score (nSPS) is 17.1. The van der Waals surface area contributed by atoms with Gasteiger partial charge in [-0.1, -0.05) is 109 Å². The second-order valence-corrected chi connectivity index (χ2v) is 23.7. The number of carbonyl (C=O) groups is 10. The van der Waals surface area contributed by atoms with Gasteiger partial charge in [-0.05, 0) is 118 Å². The largest absolute Gasteiger partial charge is 0.462 e. The van der Waals surface area contributed by atoms with E-state index in [1.54, 1.807) is 0 Å². The van der Waals surface area contributed by atoms with Gasteiger partial charge in [-0.2, -0.15) is 0 Å². The molecule has 0 fully saturated rings. The highest BCUT2D eigenvalue weighted by molar-refractivity contribution is 6.10. The number of nitrogens with zero attached hydrogens (tertiary/aromatic N) is 2. The summed E-state index contributed by atoms with van der Waals surface area (Å²) in [6, 6.07) is 20.3. The molecule has 0 atom stereocenters. The molecule has 7 rings (SSSR count). The zero-order valence-corrected chi connectivity index (χ0v) is 54.7. The molecule has 0 unspecified atom stereocenters. The molecule has 0 spiro atoms. The van der Waals surface area contributed by atoms with E-state index in [0.717, 1.165) is 75.6 Å². The third-order valence-corrected chi connectivity index (χ3v) is 15.9. The molecule has 2 aliphatic rings. The molecule has 98 heavy (non-hydrogen) atoms. The summed E-state index contributed by atoms with van der Waals surface area (Å²) in [5.74, 6) is -7.71. The molecule has 0 saturated carbocycles. The van der Waals surface area contributed by atoms with Crippen LogP contribution >= 0.6 is 0 Å². The summed E-state index contributed by atoms with van der Waals surface area (Å²) in [5, 5.41) is 28.7. The molecular weight excluding hydrogens is 1270 g/mol. The molecule has 2 aliphatic heterocycles. The lowest BCUT2D eigenvalue weighted by Gasteiger charge is -2.13. The highest BCUT2D eigenvalue weighted by atomic mass is 16.6. The van der Waals surface area contributed by atoms with Gasteiger partial charge < -0.3 is 48.5 Å². The molecule has 522 valence electrons. The highest BCUT2D eigenvalue weighted by Crippen LogP contribution is 2.26. The number of hydrogen-bond acceptors (Lipinski definition) is 22.